The zero-order chi connectivity index (χ0) is 33.6. The normalized spacial score (nSPS) is 24.4. The van der Waals surface area contributed by atoms with E-state index in [9.17, 15) is 0 Å². The van der Waals surface area contributed by atoms with E-state index < -0.39 is 11.1 Å². The van der Waals surface area contributed by atoms with Gasteiger partial charge in [-0.15, -0.1) is 0 Å². The van der Waals surface area contributed by atoms with Gasteiger partial charge in [-0.3, -0.25) is 14.9 Å². The number of pyridine rings is 1. The quantitative estimate of drug-likeness (QED) is 0.294. The van der Waals surface area contributed by atoms with E-state index in [0.29, 0.717) is 52.3 Å². The molecule has 0 bridgehead atoms. The largest absolute Gasteiger partial charge is 0.493 e. The highest BCUT2D eigenvalue weighted by atomic mass is 35.5. The molecule has 2 aromatic carbocycles. The molecule has 1 spiro atoms. The maximum Gasteiger partial charge on any atom is 0.326 e. The summed E-state index contributed by atoms with van der Waals surface area (Å²) < 4.78 is 6.30. The first-order valence-electron chi connectivity index (χ1n) is 16.9. The number of rotatable bonds is 5. The zero-order valence-electron chi connectivity index (χ0n) is 28.5. The van der Waals surface area contributed by atoms with Crippen LogP contribution in [0.5, 0.6) is 5.75 Å². The number of aromatic nitrogens is 1. The van der Waals surface area contributed by atoms with Gasteiger partial charge in [0.25, 0.3) is 0 Å². The van der Waals surface area contributed by atoms with E-state index in [1.165, 1.54) is 0 Å². The van der Waals surface area contributed by atoms with Crippen molar-refractivity contribution in [2.24, 2.45) is 10.4 Å². The van der Waals surface area contributed by atoms with Crippen molar-refractivity contribution in [1.82, 2.24) is 20.1 Å². The molecule has 3 aliphatic rings. The Balaban J connectivity index is 1.54. The topological polar surface area (TPSA) is 70.1 Å². The molecule has 6 rings (SSSR count). The molecule has 250 valence electrons. The summed E-state index contributed by atoms with van der Waals surface area (Å²) in [5.41, 5.74) is 1.72. The Kier molecular flexibility index (Phi) is 9.14. The second kappa shape index (κ2) is 12.7. The van der Waals surface area contributed by atoms with Crippen molar-refractivity contribution in [3.8, 4) is 5.75 Å². The third-order valence-electron chi connectivity index (χ3n) is 10.9. The van der Waals surface area contributed by atoms with Crippen molar-refractivity contribution in [3.05, 3.63) is 93.2 Å². The second-order valence-corrected chi connectivity index (χ2v) is 15.6. The Hall–Kier alpha value is -3.13. The molecule has 4 heterocycles. The molecule has 0 radical (unpaired) electrons. The molecular weight excluding hydrogens is 629 g/mol. The third-order valence-corrected chi connectivity index (χ3v) is 11.4. The van der Waals surface area contributed by atoms with Gasteiger partial charge in [0.15, 0.2) is 0 Å². The van der Waals surface area contributed by atoms with Gasteiger partial charge in [0.2, 0.25) is 0 Å². The van der Waals surface area contributed by atoms with Gasteiger partial charge in [0.1, 0.15) is 22.7 Å². The maximum atomic E-state index is 15.2. The first kappa shape index (κ1) is 33.8. The molecule has 7 nitrogen and oxygen atoms in total. The minimum atomic E-state index is -0.950. The highest BCUT2D eigenvalue weighted by molar-refractivity contribution is 6.30. The highest BCUT2D eigenvalue weighted by Crippen LogP contribution is 2.54. The number of hydrogen-bond donors (Lipinski definition) is 1. The van der Waals surface area contributed by atoms with E-state index in [4.69, 9.17) is 37.9 Å². The molecule has 0 saturated carbocycles. The number of ether oxygens (including phenoxy) is 1. The number of benzene rings is 2. The van der Waals surface area contributed by atoms with Crippen LogP contribution >= 0.6 is 23.2 Å². The van der Waals surface area contributed by atoms with Crippen LogP contribution in [0.3, 0.4) is 0 Å². The number of hydrogen-bond acceptors (Lipinski definition) is 5. The van der Waals surface area contributed by atoms with Crippen LogP contribution < -0.4 is 10.1 Å². The molecule has 47 heavy (non-hydrogen) atoms. The summed E-state index contributed by atoms with van der Waals surface area (Å²) in [4.78, 5) is 29.6. The van der Waals surface area contributed by atoms with Crippen LogP contribution in [0.15, 0.2) is 65.8 Å². The Bertz CT molecular complexity index is 1640. The standard InChI is InChI=1S/C38H47Cl2N5O2/c1-7-47-31-24-32(35(2,3)4)42-25-30(31)33-43-36(5,26-8-12-28(39)13-9-26)37(6,27-10-14-29(40)15-11-27)45(33)34(46)44-22-18-38(19-23-44)16-20-41-21-17-38/h8-15,24-25,41H,7,16-23H2,1-6H3/t36-,37-/m1/s1. The number of amides is 2. The van der Waals surface area contributed by atoms with Gasteiger partial charge >= 0.3 is 6.03 Å². The first-order chi connectivity index (χ1) is 22.3. The average Bonchev–Trinajstić information content (AvgIpc) is 3.29. The summed E-state index contributed by atoms with van der Waals surface area (Å²) in [6.45, 7) is 16.6. The predicted molar refractivity (Wildman–Crippen MR) is 191 cm³/mol. The smallest absolute Gasteiger partial charge is 0.326 e. The maximum absolute atomic E-state index is 15.2. The van der Waals surface area contributed by atoms with Gasteiger partial charge < -0.3 is 15.0 Å². The number of urea groups is 1. The first-order valence-corrected chi connectivity index (χ1v) is 17.6. The summed E-state index contributed by atoms with van der Waals surface area (Å²) in [6.07, 6.45) is 6.15. The van der Waals surface area contributed by atoms with Gasteiger partial charge in [-0.1, -0.05) is 68.2 Å². The molecule has 9 heteroatoms. The summed E-state index contributed by atoms with van der Waals surface area (Å²) in [5, 5.41) is 4.78. The van der Waals surface area contributed by atoms with Crippen molar-refractivity contribution in [2.45, 2.75) is 83.7 Å². The zero-order valence-corrected chi connectivity index (χ0v) is 30.0. The lowest BCUT2D eigenvalue weighted by molar-refractivity contribution is 0.0623. The van der Waals surface area contributed by atoms with Crippen molar-refractivity contribution >= 4 is 35.1 Å². The summed E-state index contributed by atoms with van der Waals surface area (Å²) in [6, 6.07) is 17.5. The molecule has 2 atom stereocenters. The van der Waals surface area contributed by atoms with Crippen molar-refractivity contribution in [2.75, 3.05) is 32.8 Å². The molecule has 3 aromatic rings. The van der Waals surface area contributed by atoms with Gasteiger partial charge in [0, 0.05) is 46.5 Å². The molecule has 0 unspecified atom stereocenters. The number of aliphatic imine (C=N–C) groups is 1. The van der Waals surface area contributed by atoms with Crippen LogP contribution in [0.2, 0.25) is 10.0 Å². The number of halogens is 2. The summed E-state index contributed by atoms with van der Waals surface area (Å²) in [5.74, 6) is 1.21. The van der Waals surface area contributed by atoms with Crippen LogP contribution in [-0.2, 0) is 16.5 Å². The Morgan fingerprint density at radius 3 is 2.04 bits per heavy atom. The van der Waals surface area contributed by atoms with Crippen LogP contribution in [0.1, 0.15) is 89.6 Å². The molecule has 1 N–H and O–H groups in total. The van der Waals surface area contributed by atoms with Crippen LogP contribution in [-0.4, -0.2) is 59.4 Å². The lowest BCUT2D eigenvalue weighted by atomic mass is 9.70. The van der Waals surface area contributed by atoms with Crippen molar-refractivity contribution in [1.29, 1.82) is 0 Å². The SMILES string of the molecule is CCOc1cc(C(C)(C)C)ncc1C1=N[C@](C)(c2ccc(Cl)cc2)[C@@](C)(c2ccc(Cl)cc2)N1C(=O)N1CCC2(CCNCC2)CC1. The van der Waals surface area contributed by atoms with Gasteiger partial charge in [0.05, 0.1) is 12.2 Å². The Labute approximate surface area is 289 Å². The number of likely N-dealkylation sites (tertiary alicyclic amines) is 1. The van der Waals surface area contributed by atoms with E-state index in [2.05, 4.69) is 39.9 Å². The van der Waals surface area contributed by atoms with E-state index in [1.54, 1.807) is 0 Å². The van der Waals surface area contributed by atoms with Crippen molar-refractivity contribution in [3.63, 3.8) is 0 Å². The molecular formula is C38H47Cl2N5O2. The number of nitrogens with one attached hydrogen (secondary N) is 1. The minimum Gasteiger partial charge on any atom is -0.493 e. The van der Waals surface area contributed by atoms with Crippen LogP contribution in [0, 0.1) is 5.41 Å². The number of piperidine rings is 2. The van der Waals surface area contributed by atoms with Crippen molar-refractivity contribution < 1.29 is 9.53 Å². The third kappa shape index (κ3) is 6.04. The number of nitrogens with zero attached hydrogens (tertiary/aromatic N) is 4. The summed E-state index contributed by atoms with van der Waals surface area (Å²) >= 11 is 12.8. The summed E-state index contributed by atoms with van der Waals surface area (Å²) in [7, 11) is 0. The molecule has 0 aliphatic carbocycles. The highest BCUT2D eigenvalue weighted by Gasteiger charge is 2.60. The minimum absolute atomic E-state index is 0.0648. The lowest BCUT2D eigenvalue weighted by Gasteiger charge is -2.49. The molecule has 3 aliphatic heterocycles. The van der Waals surface area contributed by atoms with Gasteiger partial charge in [-0.25, -0.2) is 4.79 Å². The Morgan fingerprint density at radius 2 is 1.49 bits per heavy atom. The van der Waals surface area contributed by atoms with E-state index in [0.717, 1.165) is 55.6 Å². The number of carbonyl (C=O) groups excluding carboxylic acids is 1. The number of carbonyl (C=O) groups is 1. The van der Waals surface area contributed by atoms with E-state index in [1.807, 2.05) is 77.5 Å². The monoisotopic (exact) mass is 675 g/mol. The van der Waals surface area contributed by atoms with E-state index >= 15 is 4.79 Å². The molecule has 2 fully saturated rings. The predicted octanol–water partition coefficient (Wildman–Crippen LogP) is 8.56. The average molecular weight is 677 g/mol. The fourth-order valence-corrected chi connectivity index (χ4v) is 7.88. The molecule has 2 saturated heterocycles. The number of amidine groups is 1. The molecule has 2 amide bonds. The second-order valence-electron chi connectivity index (χ2n) is 14.7. The van der Waals surface area contributed by atoms with Crippen LogP contribution in [0.25, 0.3) is 0 Å². The van der Waals surface area contributed by atoms with Gasteiger partial charge in [-0.05, 0) is 100 Å². The lowest BCUT2D eigenvalue weighted by Crippen LogP contribution is -2.59. The Morgan fingerprint density at radius 1 is 0.915 bits per heavy atom. The van der Waals surface area contributed by atoms with Gasteiger partial charge in [-0.2, -0.15) is 0 Å². The molecule has 1 aromatic heterocycles. The fraction of sp³-hybridized carbons (Fsp3) is 0.500. The van der Waals surface area contributed by atoms with E-state index in [-0.39, 0.29) is 11.4 Å². The fourth-order valence-electron chi connectivity index (χ4n) is 7.63. The van der Waals surface area contributed by atoms with Crippen LogP contribution in [0.4, 0.5) is 4.79 Å².